The van der Waals surface area contributed by atoms with Gasteiger partial charge in [-0.3, -0.25) is 9.59 Å². The first kappa shape index (κ1) is 18.0. The Balaban J connectivity index is 1.67. The number of esters is 2. The van der Waals surface area contributed by atoms with Crippen molar-refractivity contribution in [2.24, 2.45) is 0 Å². The molecule has 0 aromatic heterocycles. The molecule has 2 rings (SSSR count). The average molecular weight is 347 g/mol. The van der Waals surface area contributed by atoms with Crippen molar-refractivity contribution in [1.29, 1.82) is 0 Å². The number of halogens is 1. The summed E-state index contributed by atoms with van der Waals surface area (Å²) in [5.41, 5.74) is 1.92. The summed E-state index contributed by atoms with van der Waals surface area (Å²) < 4.78 is 10.3. The summed E-state index contributed by atoms with van der Waals surface area (Å²) in [7, 11) is 0. The third kappa shape index (κ3) is 6.05. The number of ether oxygens (including phenoxy) is 2. The summed E-state index contributed by atoms with van der Waals surface area (Å²) in [6.07, 6.45) is 0.632. The van der Waals surface area contributed by atoms with E-state index in [9.17, 15) is 9.59 Å². The first-order valence-electron chi connectivity index (χ1n) is 7.71. The second kappa shape index (κ2) is 9.08. The van der Waals surface area contributed by atoms with E-state index in [1.807, 2.05) is 37.3 Å². The predicted molar refractivity (Wildman–Crippen MR) is 92.2 cm³/mol. The molecule has 0 aliphatic rings. The van der Waals surface area contributed by atoms with Gasteiger partial charge < -0.3 is 9.47 Å². The van der Waals surface area contributed by atoms with E-state index in [1.54, 1.807) is 18.2 Å². The molecule has 5 heteroatoms. The van der Waals surface area contributed by atoms with Crippen LogP contribution in [-0.2, 0) is 20.7 Å². The van der Waals surface area contributed by atoms with Crippen molar-refractivity contribution < 1.29 is 19.1 Å². The van der Waals surface area contributed by atoms with Crippen LogP contribution in [0.4, 0.5) is 0 Å². The van der Waals surface area contributed by atoms with Gasteiger partial charge in [-0.15, -0.1) is 0 Å². The molecule has 0 amide bonds. The molecule has 0 saturated carbocycles. The third-order valence-corrected chi connectivity index (χ3v) is 3.82. The molecule has 0 saturated heterocycles. The van der Waals surface area contributed by atoms with Crippen LogP contribution in [-0.4, -0.2) is 18.5 Å². The van der Waals surface area contributed by atoms with E-state index >= 15 is 0 Å². The smallest absolute Gasteiger partial charge is 0.311 e. The highest BCUT2D eigenvalue weighted by Gasteiger charge is 2.11. The molecule has 0 aliphatic carbocycles. The standard InChI is InChI=1S/C19H19ClO4/c1-14-13-16(7-8-17(14)20)24-19(22)10-9-18(21)23-12-11-15-5-3-2-4-6-15/h2-8,13H,9-12H2,1H3. The number of carbonyl (C=O) groups excluding carboxylic acids is 2. The summed E-state index contributed by atoms with van der Waals surface area (Å²) >= 11 is 5.91. The Labute approximate surface area is 146 Å². The van der Waals surface area contributed by atoms with E-state index in [4.69, 9.17) is 21.1 Å². The highest BCUT2D eigenvalue weighted by Crippen LogP contribution is 2.21. The maximum absolute atomic E-state index is 11.7. The van der Waals surface area contributed by atoms with Crippen LogP contribution in [0.25, 0.3) is 0 Å². The lowest BCUT2D eigenvalue weighted by atomic mass is 10.2. The van der Waals surface area contributed by atoms with Gasteiger partial charge in [0.1, 0.15) is 5.75 Å². The SMILES string of the molecule is Cc1cc(OC(=O)CCC(=O)OCCc2ccccc2)ccc1Cl. The van der Waals surface area contributed by atoms with Crippen LogP contribution in [0, 0.1) is 6.92 Å². The van der Waals surface area contributed by atoms with Crippen LogP contribution in [0.5, 0.6) is 5.75 Å². The van der Waals surface area contributed by atoms with Crippen LogP contribution in [0.15, 0.2) is 48.5 Å². The number of hydrogen-bond donors (Lipinski definition) is 0. The molecule has 0 radical (unpaired) electrons. The molecule has 0 bridgehead atoms. The van der Waals surface area contributed by atoms with E-state index in [0.717, 1.165) is 11.1 Å². The molecule has 2 aromatic carbocycles. The Morgan fingerprint density at radius 2 is 1.71 bits per heavy atom. The molecule has 0 unspecified atom stereocenters. The van der Waals surface area contributed by atoms with Crippen LogP contribution in [0.3, 0.4) is 0 Å². The average Bonchev–Trinajstić information content (AvgIpc) is 2.57. The van der Waals surface area contributed by atoms with Gasteiger partial charge >= 0.3 is 11.9 Å². The van der Waals surface area contributed by atoms with Gasteiger partial charge in [0.2, 0.25) is 0 Å². The molecule has 2 aromatic rings. The van der Waals surface area contributed by atoms with Crippen LogP contribution >= 0.6 is 11.6 Å². The van der Waals surface area contributed by atoms with Crippen molar-refractivity contribution in [3.05, 3.63) is 64.7 Å². The van der Waals surface area contributed by atoms with E-state index in [1.165, 1.54) is 0 Å². The molecule has 24 heavy (non-hydrogen) atoms. The molecule has 0 atom stereocenters. The molecular formula is C19H19ClO4. The van der Waals surface area contributed by atoms with Gasteiger partial charge in [0.25, 0.3) is 0 Å². The van der Waals surface area contributed by atoms with Gasteiger partial charge in [-0.25, -0.2) is 0 Å². The Kier molecular flexibility index (Phi) is 6.82. The van der Waals surface area contributed by atoms with Crippen molar-refractivity contribution in [3.63, 3.8) is 0 Å². The lowest BCUT2D eigenvalue weighted by Crippen LogP contribution is -2.13. The summed E-state index contributed by atoms with van der Waals surface area (Å²) in [6, 6.07) is 14.7. The van der Waals surface area contributed by atoms with Crippen LogP contribution in [0.1, 0.15) is 24.0 Å². The number of benzene rings is 2. The zero-order valence-corrected chi connectivity index (χ0v) is 14.2. The van der Waals surface area contributed by atoms with Gasteiger partial charge in [-0.2, -0.15) is 0 Å². The summed E-state index contributed by atoms with van der Waals surface area (Å²) in [6.45, 7) is 2.12. The van der Waals surface area contributed by atoms with Crippen molar-refractivity contribution in [1.82, 2.24) is 0 Å². The monoisotopic (exact) mass is 346 g/mol. The number of rotatable bonds is 7. The lowest BCUT2D eigenvalue weighted by molar-refractivity contribution is -0.146. The Morgan fingerprint density at radius 3 is 2.42 bits per heavy atom. The maximum atomic E-state index is 11.7. The number of carbonyl (C=O) groups is 2. The normalized spacial score (nSPS) is 10.2. The quantitative estimate of drug-likeness (QED) is 0.559. The summed E-state index contributed by atoms with van der Waals surface area (Å²) in [5, 5.41) is 0.608. The second-order valence-electron chi connectivity index (χ2n) is 5.34. The minimum atomic E-state index is -0.475. The molecule has 0 aliphatic heterocycles. The molecule has 0 fully saturated rings. The fourth-order valence-corrected chi connectivity index (χ4v) is 2.18. The second-order valence-corrected chi connectivity index (χ2v) is 5.75. The van der Waals surface area contributed by atoms with Crippen molar-refractivity contribution in [2.75, 3.05) is 6.61 Å². The summed E-state index contributed by atoms with van der Waals surface area (Å²) in [4.78, 5) is 23.4. The first-order valence-corrected chi connectivity index (χ1v) is 8.09. The highest BCUT2D eigenvalue weighted by atomic mass is 35.5. The molecule has 0 N–H and O–H groups in total. The van der Waals surface area contributed by atoms with Gasteiger partial charge in [0.05, 0.1) is 19.4 Å². The van der Waals surface area contributed by atoms with Gasteiger partial charge in [0.15, 0.2) is 0 Å². The zero-order chi connectivity index (χ0) is 17.4. The van der Waals surface area contributed by atoms with E-state index < -0.39 is 11.9 Å². The fourth-order valence-electron chi connectivity index (χ4n) is 2.07. The first-order chi connectivity index (χ1) is 11.5. The van der Waals surface area contributed by atoms with E-state index in [-0.39, 0.29) is 12.8 Å². The molecular weight excluding hydrogens is 328 g/mol. The van der Waals surface area contributed by atoms with Crippen molar-refractivity contribution >= 4 is 23.5 Å². The largest absolute Gasteiger partial charge is 0.465 e. The van der Waals surface area contributed by atoms with E-state index in [0.29, 0.717) is 23.8 Å². The summed E-state index contributed by atoms with van der Waals surface area (Å²) in [5.74, 6) is -0.466. The van der Waals surface area contributed by atoms with Crippen LogP contribution in [0.2, 0.25) is 5.02 Å². The Morgan fingerprint density at radius 1 is 1.00 bits per heavy atom. The van der Waals surface area contributed by atoms with E-state index in [2.05, 4.69) is 0 Å². The lowest BCUT2D eigenvalue weighted by Gasteiger charge is -2.07. The topological polar surface area (TPSA) is 52.6 Å². The minimum Gasteiger partial charge on any atom is -0.465 e. The Bertz CT molecular complexity index is 698. The third-order valence-electron chi connectivity index (χ3n) is 3.39. The molecule has 126 valence electrons. The highest BCUT2D eigenvalue weighted by molar-refractivity contribution is 6.31. The van der Waals surface area contributed by atoms with Gasteiger partial charge in [-0.1, -0.05) is 41.9 Å². The van der Waals surface area contributed by atoms with Crippen LogP contribution < -0.4 is 4.74 Å². The molecule has 4 nitrogen and oxygen atoms in total. The minimum absolute atomic E-state index is 0.000193. The fraction of sp³-hybridized carbons (Fsp3) is 0.263. The van der Waals surface area contributed by atoms with Crippen molar-refractivity contribution in [2.45, 2.75) is 26.2 Å². The van der Waals surface area contributed by atoms with Crippen molar-refractivity contribution in [3.8, 4) is 5.75 Å². The maximum Gasteiger partial charge on any atom is 0.311 e. The molecule has 0 spiro atoms. The Hall–Kier alpha value is -2.33. The number of aryl methyl sites for hydroxylation is 1. The molecule has 0 heterocycles. The van der Waals surface area contributed by atoms with Gasteiger partial charge in [0, 0.05) is 11.4 Å². The zero-order valence-electron chi connectivity index (χ0n) is 13.5. The van der Waals surface area contributed by atoms with Gasteiger partial charge in [-0.05, 0) is 36.2 Å². The predicted octanol–water partition coefficient (Wildman–Crippen LogP) is 4.12. The number of hydrogen-bond acceptors (Lipinski definition) is 4.